The first kappa shape index (κ1) is 17.3. The van der Waals surface area contributed by atoms with Gasteiger partial charge in [0.1, 0.15) is 23.8 Å². The minimum Gasteiger partial charge on any atom is -0.488 e. The second-order valence-electron chi connectivity index (χ2n) is 6.31. The monoisotopic (exact) mass is 349 g/mol. The van der Waals surface area contributed by atoms with E-state index in [1.54, 1.807) is 12.1 Å². The number of hydrogen-bond acceptors (Lipinski definition) is 4. The van der Waals surface area contributed by atoms with Crippen molar-refractivity contribution in [3.8, 4) is 5.75 Å². The summed E-state index contributed by atoms with van der Waals surface area (Å²) in [6.07, 6.45) is 0.988. The van der Waals surface area contributed by atoms with E-state index in [1.807, 2.05) is 19.1 Å². The van der Waals surface area contributed by atoms with Crippen LogP contribution in [0.15, 0.2) is 24.3 Å². The van der Waals surface area contributed by atoms with Gasteiger partial charge in [0.2, 0.25) is 0 Å². The highest BCUT2D eigenvalue weighted by Crippen LogP contribution is 2.22. The van der Waals surface area contributed by atoms with Crippen LogP contribution in [0.2, 0.25) is 5.02 Å². The van der Waals surface area contributed by atoms with Crippen LogP contribution in [-0.2, 0) is 13.0 Å². The fourth-order valence-corrected chi connectivity index (χ4v) is 3.17. The summed E-state index contributed by atoms with van der Waals surface area (Å²) in [6, 6.07) is 7.26. The molecule has 1 aromatic heterocycles. The largest absolute Gasteiger partial charge is 0.488 e. The van der Waals surface area contributed by atoms with Gasteiger partial charge in [-0.15, -0.1) is 0 Å². The molecule has 0 radical (unpaired) electrons. The number of hydrogen-bond donors (Lipinski definition) is 2. The van der Waals surface area contributed by atoms with E-state index in [9.17, 15) is 5.11 Å². The molecule has 24 heavy (non-hydrogen) atoms. The van der Waals surface area contributed by atoms with E-state index in [4.69, 9.17) is 16.3 Å². The van der Waals surface area contributed by atoms with Crippen LogP contribution in [0.25, 0.3) is 0 Å². The summed E-state index contributed by atoms with van der Waals surface area (Å²) >= 11 is 5.88. The van der Waals surface area contributed by atoms with Crippen molar-refractivity contribution in [2.45, 2.75) is 45.4 Å². The second-order valence-corrected chi connectivity index (χ2v) is 6.75. The maximum Gasteiger partial charge on any atom is 0.127 e. The smallest absolute Gasteiger partial charge is 0.127 e. The number of aliphatic hydroxyl groups is 1. The number of imidazole rings is 1. The number of ether oxygens (including phenoxy) is 1. The third-order valence-electron chi connectivity index (χ3n) is 4.45. The van der Waals surface area contributed by atoms with Crippen LogP contribution >= 0.6 is 11.6 Å². The van der Waals surface area contributed by atoms with Crippen LogP contribution in [-0.4, -0.2) is 45.3 Å². The molecular weight excluding hydrogens is 326 g/mol. The normalized spacial score (nSPS) is 21.8. The number of aromatic nitrogens is 2. The Morgan fingerprint density at radius 1 is 1.38 bits per heavy atom. The third-order valence-corrected chi connectivity index (χ3v) is 4.70. The Morgan fingerprint density at radius 3 is 2.75 bits per heavy atom. The Labute approximate surface area is 147 Å². The first-order chi connectivity index (χ1) is 11.5. The lowest BCUT2D eigenvalue weighted by atomic mass is 10.0. The van der Waals surface area contributed by atoms with Gasteiger partial charge in [0, 0.05) is 36.8 Å². The molecule has 0 aliphatic carbocycles. The number of likely N-dealkylation sites (tertiary alicyclic amines) is 1. The lowest BCUT2D eigenvalue weighted by molar-refractivity contribution is -0.0278. The minimum atomic E-state index is -0.515. The molecule has 2 N–H and O–H groups in total. The number of aliphatic hydroxyl groups excluding tert-OH is 1. The third kappa shape index (κ3) is 4.09. The molecule has 2 atom stereocenters. The highest BCUT2D eigenvalue weighted by molar-refractivity contribution is 6.30. The number of piperidine rings is 1. The molecule has 0 spiro atoms. The van der Waals surface area contributed by atoms with Crippen molar-refractivity contribution >= 4 is 11.6 Å². The Bertz CT molecular complexity index is 671. The maximum absolute atomic E-state index is 10.4. The number of aromatic amines is 1. The molecule has 6 heteroatoms. The van der Waals surface area contributed by atoms with Gasteiger partial charge in [0.05, 0.1) is 5.69 Å². The number of nitrogens with one attached hydrogen (secondary N) is 1. The highest BCUT2D eigenvalue weighted by atomic mass is 35.5. The molecule has 0 unspecified atom stereocenters. The fraction of sp³-hybridized carbons (Fsp3) is 0.500. The van der Waals surface area contributed by atoms with Gasteiger partial charge in [-0.1, -0.05) is 18.5 Å². The van der Waals surface area contributed by atoms with Crippen molar-refractivity contribution in [2.24, 2.45) is 0 Å². The predicted octanol–water partition coefficient (Wildman–Crippen LogP) is 2.95. The zero-order chi connectivity index (χ0) is 17.1. The van der Waals surface area contributed by atoms with Crippen molar-refractivity contribution in [3.63, 3.8) is 0 Å². The Balaban J connectivity index is 1.56. The summed E-state index contributed by atoms with van der Waals surface area (Å²) in [7, 11) is 0. The fourth-order valence-electron chi connectivity index (χ4n) is 3.04. The summed E-state index contributed by atoms with van der Waals surface area (Å²) in [5.41, 5.74) is 2.18. The Morgan fingerprint density at radius 2 is 2.12 bits per heavy atom. The highest BCUT2D eigenvalue weighted by Gasteiger charge is 2.29. The van der Waals surface area contributed by atoms with Crippen molar-refractivity contribution < 1.29 is 9.84 Å². The lowest BCUT2D eigenvalue weighted by Gasteiger charge is -2.35. The van der Waals surface area contributed by atoms with Crippen LogP contribution in [0.1, 0.15) is 30.6 Å². The van der Waals surface area contributed by atoms with Gasteiger partial charge in [0.15, 0.2) is 0 Å². The zero-order valence-corrected chi connectivity index (χ0v) is 14.9. The number of benzene rings is 1. The molecule has 1 saturated heterocycles. The molecule has 0 amide bonds. The molecule has 1 fully saturated rings. The predicted molar refractivity (Wildman–Crippen MR) is 94.5 cm³/mol. The Kier molecular flexibility index (Phi) is 5.43. The topological polar surface area (TPSA) is 61.4 Å². The molecule has 1 aromatic carbocycles. The van der Waals surface area contributed by atoms with E-state index >= 15 is 0 Å². The van der Waals surface area contributed by atoms with Gasteiger partial charge in [-0.2, -0.15) is 0 Å². The van der Waals surface area contributed by atoms with Gasteiger partial charge in [0.25, 0.3) is 0 Å². The molecule has 0 saturated carbocycles. The summed E-state index contributed by atoms with van der Waals surface area (Å²) < 4.78 is 5.91. The van der Waals surface area contributed by atoms with Gasteiger partial charge in [-0.3, -0.25) is 4.90 Å². The molecule has 2 aromatic rings. The number of β-amino-alcohol motifs (C(OH)–C–C–N with tert-alkyl or cyclic N) is 1. The van der Waals surface area contributed by atoms with Crippen LogP contribution in [0.3, 0.4) is 0 Å². The van der Waals surface area contributed by atoms with Gasteiger partial charge in [-0.05, 0) is 37.6 Å². The molecule has 2 heterocycles. The molecule has 5 nitrogen and oxygen atoms in total. The molecule has 0 bridgehead atoms. The molecular formula is C18H24ClN3O2. The van der Waals surface area contributed by atoms with Crippen LogP contribution < -0.4 is 4.74 Å². The SMILES string of the molecule is CCc1nc(CN2CC[C@@H](Oc3ccc(Cl)cc3)[C@H](O)C2)c(C)[nH]1. The number of rotatable bonds is 5. The maximum atomic E-state index is 10.4. The number of H-pyrrole nitrogens is 1. The van der Waals surface area contributed by atoms with Gasteiger partial charge in [-0.25, -0.2) is 4.98 Å². The van der Waals surface area contributed by atoms with E-state index in [-0.39, 0.29) is 6.10 Å². The van der Waals surface area contributed by atoms with Crippen molar-refractivity contribution in [1.29, 1.82) is 0 Å². The first-order valence-electron chi connectivity index (χ1n) is 8.42. The molecule has 1 aliphatic heterocycles. The standard InChI is InChI=1S/C18H24ClN3O2/c1-3-18-20-12(2)15(21-18)10-22-9-8-17(16(23)11-22)24-14-6-4-13(19)5-7-14/h4-7,16-17,23H,3,8-11H2,1-2H3,(H,20,21)/t16-,17-/m1/s1. The van der Waals surface area contributed by atoms with Crippen molar-refractivity contribution in [3.05, 3.63) is 46.5 Å². The van der Waals surface area contributed by atoms with Crippen molar-refractivity contribution in [2.75, 3.05) is 13.1 Å². The van der Waals surface area contributed by atoms with Crippen LogP contribution in [0.4, 0.5) is 0 Å². The summed E-state index contributed by atoms with van der Waals surface area (Å²) in [4.78, 5) is 10.2. The minimum absolute atomic E-state index is 0.186. The number of halogens is 1. The Hall–Kier alpha value is -1.56. The zero-order valence-electron chi connectivity index (χ0n) is 14.1. The van der Waals surface area contributed by atoms with E-state index < -0.39 is 6.10 Å². The van der Waals surface area contributed by atoms with Crippen LogP contribution in [0.5, 0.6) is 5.75 Å². The molecule has 130 valence electrons. The van der Waals surface area contributed by atoms with E-state index in [0.717, 1.165) is 48.9 Å². The van der Waals surface area contributed by atoms with Gasteiger partial charge >= 0.3 is 0 Å². The summed E-state index contributed by atoms with van der Waals surface area (Å²) in [5.74, 6) is 1.76. The van der Waals surface area contributed by atoms with E-state index in [0.29, 0.717) is 11.6 Å². The summed E-state index contributed by atoms with van der Waals surface area (Å²) in [5, 5.41) is 11.1. The summed E-state index contributed by atoms with van der Waals surface area (Å²) in [6.45, 7) is 6.36. The van der Waals surface area contributed by atoms with Gasteiger partial charge < -0.3 is 14.8 Å². The first-order valence-corrected chi connectivity index (χ1v) is 8.80. The lowest BCUT2D eigenvalue weighted by Crippen LogP contribution is -2.48. The second kappa shape index (κ2) is 7.55. The molecule has 3 rings (SSSR count). The van der Waals surface area contributed by atoms with E-state index in [2.05, 4.69) is 21.8 Å². The quantitative estimate of drug-likeness (QED) is 0.871. The van der Waals surface area contributed by atoms with E-state index in [1.165, 1.54) is 0 Å². The molecule has 1 aliphatic rings. The van der Waals surface area contributed by atoms with Crippen LogP contribution in [0, 0.1) is 6.92 Å². The average Bonchev–Trinajstić information content (AvgIpc) is 2.92. The number of aryl methyl sites for hydroxylation is 2. The number of nitrogens with zero attached hydrogens (tertiary/aromatic N) is 2. The van der Waals surface area contributed by atoms with Crippen molar-refractivity contribution in [1.82, 2.24) is 14.9 Å². The average molecular weight is 350 g/mol.